The van der Waals surface area contributed by atoms with Crippen LogP contribution < -0.4 is 15.0 Å². The molecule has 0 saturated carbocycles. The van der Waals surface area contributed by atoms with E-state index in [1.807, 2.05) is 19.1 Å². The minimum atomic E-state index is -0.119. The Kier molecular flexibility index (Phi) is 6.07. The van der Waals surface area contributed by atoms with Gasteiger partial charge in [0.2, 0.25) is 5.95 Å². The van der Waals surface area contributed by atoms with Crippen LogP contribution in [-0.4, -0.2) is 54.9 Å². The number of anilines is 2. The Balaban J connectivity index is 1.31. The Morgan fingerprint density at radius 2 is 1.92 bits per heavy atom. The smallest absolute Gasteiger partial charge is 0.225 e. The lowest BCUT2D eigenvalue weighted by Gasteiger charge is -2.35. The number of hydrogen-bond donors (Lipinski definition) is 2. The van der Waals surface area contributed by atoms with Crippen molar-refractivity contribution in [3.05, 3.63) is 60.4 Å². The zero-order valence-corrected chi connectivity index (χ0v) is 21.3. The second-order valence-electron chi connectivity index (χ2n) is 9.45. The fraction of sp³-hybridized carbons (Fsp3) is 0.370. The molecule has 3 aromatic heterocycles. The molecule has 0 radical (unpaired) electrons. The third-order valence-electron chi connectivity index (χ3n) is 7.19. The van der Waals surface area contributed by atoms with E-state index in [0.29, 0.717) is 12.0 Å². The maximum atomic E-state index is 5.47. The van der Waals surface area contributed by atoms with Crippen LogP contribution in [0, 0.1) is 0 Å². The van der Waals surface area contributed by atoms with Gasteiger partial charge in [-0.3, -0.25) is 5.10 Å². The predicted octanol–water partition coefficient (Wildman–Crippen LogP) is 4.68. The van der Waals surface area contributed by atoms with Gasteiger partial charge in [0.1, 0.15) is 29.5 Å². The van der Waals surface area contributed by atoms with Crippen LogP contribution in [0.5, 0.6) is 5.75 Å². The number of rotatable bonds is 7. The minimum absolute atomic E-state index is 0.119. The lowest BCUT2D eigenvalue weighted by atomic mass is 10.0. The Hall–Kier alpha value is -4.21. The van der Waals surface area contributed by atoms with Gasteiger partial charge in [-0.05, 0) is 44.0 Å². The number of imidazole rings is 1. The van der Waals surface area contributed by atoms with Crippen LogP contribution in [-0.2, 0) is 6.42 Å². The van der Waals surface area contributed by atoms with E-state index in [1.54, 1.807) is 7.11 Å². The van der Waals surface area contributed by atoms with Crippen molar-refractivity contribution in [1.29, 1.82) is 0 Å². The highest BCUT2D eigenvalue weighted by molar-refractivity contribution is 5.91. The Morgan fingerprint density at radius 1 is 1.08 bits per heavy atom. The largest absolute Gasteiger partial charge is 0.497 e. The van der Waals surface area contributed by atoms with E-state index >= 15 is 0 Å². The molecule has 37 heavy (non-hydrogen) atoms. The zero-order chi connectivity index (χ0) is 25.4. The van der Waals surface area contributed by atoms with Gasteiger partial charge in [0.25, 0.3) is 0 Å². The molecule has 1 aliphatic rings. The van der Waals surface area contributed by atoms with Gasteiger partial charge in [-0.15, -0.1) is 0 Å². The highest BCUT2D eigenvalue weighted by atomic mass is 16.5. The number of piperidine rings is 1. The molecule has 2 aromatic carbocycles. The maximum absolute atomic E-state index is 5.47. The topological polar surface area (TPSA) is 110 Å². The summed E-state index contributed by atoms with van der Waals surface area (Å²) in [6.07, 6.45) is 4.47. The number of ether oxygens (including phenoxy) is 1. The Bertz CT molecular complexity index is 1520. The normalized spacial score (nSPS) is 15.4. The van der Waals surface area contributed by atoms with Crippen LogP contribution in [0.2, 0.25) is 0 Å². The molecule has 2 N–H and O–H groups in total. The first kappa shape index (κ1) is 23.2. The number of hydrogen-bond acceptors (Lipinski definition) is 8. The molecule has 0 amide bonds. The van der Waals surface area contributed by atoms with Crippen LogP contribution in [0.3, 0.4) is 0 Å². The number of benzene rings is 2. The van der Waals surface area contributed by atoms with Crippen molar-refractivity contribution < 1.29 is 4.74 Å². The van der Waals surface area contributed by atoms with Gasteiger partial charge in [0.15, 0.2) is 0 Å². The first-order chi connectivity index (χ1) is 18.1. The van der Waals surface area contributed by atoms with Crippen LogP contribution in [0.4, 0.5) is 11.8 Å². The average Bonchev–Trinajstić information content (AvgIpc) is 3.61. The number of fused-ring (bicyclic) bond motifs is 2. The molecule has 4 heterocycles. The summed E-state index contributed by atoms with van der Waals surface area (Å²) in [7, 11) is 1.67. The third-order valence-corrected chi connectivity index (χ3v) is 7.19. The summed E-state index contributed by atoms with van der Waals surface area (Å²) in [6.45, 7) is 5.99. The van der Waals surface area contributed by atoms with Crippen LogP contribution in [0.25, 0.3) is 21.9 Å². The van der Waals surface area contributed by atoms with Gasteiger partial charge in [0.05, 0.1) is 29.7 Å². The van der Waals surface area contributed by atoms with E-state index in [-0.39, 0.29) is 6.04 Å². The fourth-order valence-electron chi connectivity index (χ4n) is 5.30. The van der Waals surface area contributed by atoms with Gasteiger partial charge < -0.3 is 19.5 Å². The quantitative estimate of drug-likeness (QED) is 0.333. The summed E-state index contributed by atoms with van der Waals surface area (Å²) in [5.74, 6) is 4.15. The molecule has 10 nitrogen and oxygen atoms in total. The van der Waals surface area contributed by atoms with Crippen molar-refractivity contribution in [2.45, 2.75) is 45.2 Å². The lowest BCUT2D eigenvalue weighted by Crippen LogP contribution is -2.36. The number of aryl methyl sites for hydroxylation is 1. The molecular weight excluding hydrogens is 466 g/mol. The van der Waals surface area contributed by atoms with E-state index in [9.17, 15) is 0 Å². The fourth-order valence-corrected chi connectivity index (χ4v) is 5.30. The molecule has 1 aliphatic heterocycles. The van der Waals surface area contributed by atoms with E-state index in [2.05, 4.69) is 67.2 Å². The Morgan fingerprint density at radius 3 is 2.68 bits per heavy atom. The molecule has 190 valence electrons. The molecule has 1 fully saturated rings. The number of nitrogens with zero attached hydrogens (tertiary/aromatic N) is 7. The molecule has 6 rings (SSSR count). The number of methoxy groups -OCH3 is 1. The average molecular weight is 498 g/mol. The van der Waals surface area contributed by atoms with E-state index in [4.69, 9.17) is 19.7 Å². The van der Waals surface area contributed by atoms with Crippen molar-refractivity contribution in [2.75, 3.05) is 30.4 Å². The van der Waals surface area contributed by atoms with Gasteiger partial charge in [-0.1, -0.05) is 19.1 Å². The number of para-hydroxylation sites is 2. The summed E-state index contributed by atoms with van der Waals surface area (Å²) in [4.78, 5) is 21.3. The first-order valence-corrected chi connectivity index (χ1v) is 12.8. The number of aromatic nitrogens is 7. The van der Waals surface area contributed by atoms with Gasteiger partial charge >= 0.3 is 0 Å². The van der Waals surface area contributed by atoms with Crippen LogP contribution >= 0.6 is 0 Å². The second-order valence-corrected chi connectivity index (χ2v) is 9.45. The zero-order valence-electron chi connectivity index (χ0n) is 21.3. The summed E-state index contributed by atoms with van der Waals surface area (Å²) >= 11 is 0. The SMILES string of the molecule is CCc1nc2ccccc2n1C1CCN(c2nc(N[C@H](C)c3ncn[nH]3)nc3cc(OC)ccc23)CC1. The van der Waals surface area contributed by atoms with Crippen LogP contribution in [0.15, 0.2) is 48.8 Å². The minimum Gasteiger partial charge on any atom is -0.497 e. The Labute approximate surface area is 215 Å². The number of H-pyrrole nitrogens is 1. The van der Waals surface area contributed by atoms with Crippen molar-refractivity contribution >= 4 is 33.7 Å². The molecule has 1 saturated heterocycles. The maximum Gasteiger partial charge on any atom is 0.225 e. The summed E-state index contributed by atoms with van der Waals surface area (Å²) < 4.78 is 7.93. The second kappa shape index (κ2) is 9.68. The van der Waals surface area contributed by atoms with Crippen molar-refractivity contribution in [1.82, 2.24) is 34.7 Å². The van der Waals surface area contributed by atoms with E-state index in [1.165, 1.54) is 11.8 Å². The molecule has 0 aliphatic carbocycles. The van der Waals surface area contributed by atoms with Crippen molar-refractivity contribution in [3.8, 4) is 5.75 Å². The van der Waals surface area contributed by atoms with Gasteiger partial charge in [-0.2, -0.15) is 10.1 Å². The van der Waals surface area contributed by atoms with Crippen molar-refractivity contribution in [2.24, 2.45) is 0 Å². The van der Waals surface area contributed by atoms with Gasteiger partial charge in [0, 0.05) is 37.0 Å². The molecule has 10 heteroatoms. The van der Waals surface area contributed by atoms with Crippen molar-refractivity contribution in [3.63, 3.8) is 0 Å². The predicted molar refractivity (Wildman–Crippen MR) is 144 cm³/mol. The van der Waals surface area contributed by atoms with E-state index < -0.39 is 0 Å². The molecule has 0 unspecified atom stereocenters. The molecule has 1 atom stereocenters. The highest BCUT2D eigenvalue weighted by Gasteiger charge is 2.26. The summed E-state index contributed by atoms with van der Waals surface area (Å²) in [6, 6.07) is 14.7. The van der Waals surface area contributed by atoms with Gasteiger partial charge in [-0.25, -0.2) is 15.0 Å². The van der Waals surface area contributed by atoms with Crippen LogP contribution in [0.1, 0.15) is 50.4 Å². The summed E-state index contributed by atoms with van der Waals surface area (Å²) in [5, 5.41) is 11.3. The molecule has 0 spiro atoms. The number of aromatic amines is 1. The highest BCUT2D eigenvalue weighted by Crippen LogP contribution is 2.34. The molecular formula is C27H31N9O. The van der Waals surface area contributed by atoms with E-state index in [0.717, 1.165) is 72.0 Å². The molecule has 5 aromatic rings. The standard InChI is InChI=1S/C27H31N9O/c1-4-24-31-21-7-5-6-8-23(21)36(24)18-11-13-35(14-12-18)26-20-10-9-19(37-3)15-22(20)32-27(33-26)30-17(2)25-28-16-29-34-25/h5-10,15-18H,4,11-14H2,1-3H3,(H,28,29,34)(H,30,32,33)/t17-/m1/s1. The molecule has 0 bridgehead atoms. The number of nitrogens with one attached hydrogen (secondary N) is 2. The summed E-state index contributed by atoms with van der Waals surface area (Å²) in [5.41, 5.74) is 3.15. The lowest BCUT2D eigenvalue weighted by molar-refractivity contribution is 0.394. The first-order valence-electron chi connectivity index (χ1n) is 12.8. The monoisotopic (exact) mass is 497 g/mol. The third kappa shape index (κ3) is 4.32.